The fraction of sp³-hybridized carbons (Fsp3) is 0.150. The van der Waals surface area contributed by atoms with Crippen LogP contribution >= 0.6 is 11.3 Å². The van der Waals surface area contributed by atoms with Crippen LogP contribution in [0.3, 0.4) is 0 Å². The number of anilines is 1. The number of carbonyl (C=O) groups is 1. The number of rotatable bonds is 6. The van der Waals surface area contributed by atoms with Crippen molar-refractivity contribution < 1.29 is 17.9 Å². The molecule has 1 amide bonds. The lowest BCUT2D eigenvalue weighted by Crippen LogP contribution is -2.15. The average Bonchev–Trinajstić information content (AvgIpc) is 3.02. The van der Waals surface area contributed by atoms with Gasteiger partial charge in [-0.1, -0.05) is 24.3 Å². The molecule has 0 saturated heterocycles. The van der Waals surface area contributed by atoms with Gasteiger partial charge in [-0.25, -0.2) is 13.6 Å². The zero-order valence-corrected chi connectivity index (χ0v) is 17.1. The third-order valence-corrected chi connectivity index (χ3v) is 5.88. The van der Waals surface area contributed by atoms with E-state index in [-0.39, 0.29) is 11.7 Å². The van der Waals surface area contributed by atoms with Crippen LogP contribution in [-0.2, 0) is 15.8 Å². The number of nitrogens with one attached hydrogen (secondary N) is 1. The summed E-state index contributed by atoms with van der Waals surface area (Å²) in [6.07, 6.45) is 0. The number of hydrogen-bond donors (Lipinski definition) is 2. The molecule has 28 heavy (non-hydrogen) atoms. The summed E-state index contributed by atoms with van der Waals surface area (Å²) >= 11 is 1.40. The van der Waals surface area contributed by atoms with Gasteiger partial charge in [-0.15, -0.1) is 11.3 Å². The highest BCUT2D eigenvalue weighted by Gasteiger charge is 2.14. The Morgan fingerprint density at radius 2 is 1.86 bits per heavy atom. The molecule has 146 valence electrons. The van der Waals surface area contributed by atoms with Gasteiger partial charge in [0.15, 0.2) is 0 Å². The van der Waals surface area contributed by atoms with E-state index >= 15 is 0 Å². The van der Waals surface area contributed by atoms with E-state index in [4.69, 9.17) is 9.88 Å². The zero-order chi connectivity index (χ0) is 20.3. The average molecular weight is 417 g/mol. The lowest BCUT2D eigenvalue weighted by molar-refractivity contribution is 0.103. The molecule has 1 aromatic heterocycles. The fourth-order valence-corrected chi connectivity index (χ4v) is 4.40. The third-order valence-electron chi connectivity index (χ3n) is 4.10. The second-order valence-electron chi connectivity index (χ2n) is 6.27. The molecule has 0 aliphatic rings. The van der Waals surface area contributed by atoms with E-state index in [9.17, 15) is 13.2 Å². The molecule has 0 radical (unpaired) electrons. The second-order valence-corrected chi connectivity index (χ2v) is 9.14. The van der Waals surface area contributed by atoms with E-state index in [1.54, 1.807) is 31.4 Å². The minimum Gasteiger partial charge on any atom is -0.497 e. The highest BCUT2D eigenvalue weighted by atomic mass is 32.2. The lowest BCUT2D eigenvalue weighted by Gasteiger charge is -2.06. The molecule has 6 nitrogen and oxygen atoms in total. The van der Waals surface area contributed by atoms with Crippen molar-refractivity contribution in [2.24, 2.45) is 5.14 Å². The number of amides is 1. The third kappa shape index (κ3) is 4.98. The highest BCUT2D eigenvalue weighted by Crippen LogP contribution is 2.32. The number of aryl methyl sites for hydroxylation is 1. The predicted molar refractivity (Wildman–Crippen MR) is 112 cm³/mol. The molecule has 0 bridgehead atoms. The maximum Gasteiger partial charge on any atom is 0.265 e. The summed E-state index contributed by atoms with van der Waals surface area (Å²) in [6, 6.07) is 16.1. The monoisotopic (exact) mass is 416 g/mol. The van der Waals surface area contributed by atoms with Crippen LogP contribution in [0.5, 0.6) is 5.75 Å². The van der Waals surface area contributed by atoms with Crippen LogP contribution in [0, 0.1) is 6.92 Å². The molecule has 0 atom stereocenters. The standard InChI is InChI=1S/C20H20N2O4S2/c1-13-18(15-6-8-17(26-2)9-7-15)11-19(27-13)20(23)22-16-5-3-4-14(10-16)12-28(21,24)25/h3-11H,12H2,1-2H3,(H,22,23)(H2,21,24,25). The molecule has 3 rings (SSSR count). The first-order valence-electron chi connectivity index (χ1n) is 8.41. The Hall–Kier alpha value is -2.68. The van der Waals surface area contributed by atoms with E-state index in [1.807, 2.05) is 37.3 Å². The Morgan fingerprint density at radius 3 is 2.50 bits per heavy atom. The van der Waals surface area contributed by atoms with Gasteiger partial charge in [0.25, 0.3) is 5.91 Å². The summed E-state index contributed by atoms with van der Waals surface area (Å²) in [4.78, 5) is 14.2. The van der Waals surface area contributed by atoms with Gasteiger partial charge in [-0.2, -0.15) is 0 Å². The van der Waals surface area contributed by atoms with Crippen LogP contribution < -0.4 is 15.2 Å². The number of carbonyl (C=O) groups excluding carboxylic acids is 1. The Kier molecular flexibility index (Phi) is 5.83. The summed E-state index contributed by atoms with van der Waals surface area (Å²) in [5, 5.41) is 7.89. The van der Waals surface area contributed by atoms with Crippen LogP contribution in [0.4, 0.5) is 5.69 Å². The molecule has 0 fully saturated rings. The van der Waals surface area contributed by atoms with Crippen molar-refractivity contribution in [2.45, 2.75) is 12.7 Å². The molecule has 0 saturated carbocycles. The van der Waals surface area contributed by atoms with Crippen LogP contribution in [-0.4, -0.2) is 21.4 Å². The summed E-state index contributed by atoms with van der Waals surface area (Å²) in [6.45, 7) is 1.97. The molecule has 1 heterocycles. The van der Waals surface area contributed by atoms with E-state index in [2.05, 4.69) is 5.32 Å². The highest BCUT2D eigenvalue weighted by molar-refractivity contribution is 7.88. The quantitative estimate of drug-likeness (QED) is 0.639. The Morgan fingerprint density at radius 1 is 1.14 bits per heavy atom. The number of hydrogen-bond acceptors (Lipinski definition) is 5. The SMILES string of the molecule is COc1ccc(-c2cc(C(=O)Nc3cccc(CS(N)(=O)=O)c3)sc2C)cc1. The zero-order valence-electron chi connectivity index (χ0n) is 15.4. The van der Waals surface area contributed by atoms with E-state index in [1.165, 1.54) is 11.3 Å². The molecule has 0 spiro atoms. The van der Waals surface area contributed by atoms with E-state index in [0.29, 0.717) is 16.1 Å². The summed E-state index contributed by atoms with van der Waals surface area (Å²) in [5.74, 6) is 0.241. The summed E-state index contributed by atoms with van der Waals surface area (Å²) in [7, 11) is -2.02. The molecule has 8 heteroatoms. The molecule has 3 aromatic rings. The van der Waals surface area contributed by atoms with E-state index in [0.717, 1.165) is 21.8 Å². The van der Waals surface area contributed by atoms with Crippen LogP contribution in [0.1, 0.15) is 20.1 Å². The van der Waals surface area contributed by atoms with Crippen molar-refractivity contribution >= 4 is 33.0 Å². The van der Waals surface area contributed by atoms with Gasteiger partial charge in [0.2, 0.25) is 10.0 Å². The number of methoxy groups -OCH3 is 1. The number of thiophene rings is 1. The van der Waals surface area contributed by atoms with Crippen molar-refractivity contribution in [3.05, 3.63) is 69.9 Å². The van der Waals surface area contributed by atoms with E-state index < -0.39 is 10.0 Å². The minimum atomic E-state index is -3.63. The van der Waals surface area contributed by atoms with Crippen molar-refractivity contribution in [1.29, 1.82) is 0 Å². The summed E-state index contributed by atoms with van der Waals surface area (Å²) in [5.41, 5.74) is 3.02. The van der Waals surface area contributed by atoms with Gasteiger partial charge < -0.3 is 10.1 Å². The molecular weight excluding hydrogens is 396 g/mol. The number of nitrogens with two attached hydrogens (primary N) is 1. The molecular formula is C20H20N2O4S2. The topological polar surface area (TPSA) is 98.5 Å². The maximum atomic E-state index is 12.6. The second kappa shape index (κ2) is 8.14. The van der Waals surface area contributed by atoms with Crippen molar-refractivity contribution in [3.8, 4) is 16.9 Å². The van der Waals surface area contributed by atoms with Crippen molar-refractivity contribution in [2.75, 3.05) is 12.4 Å². The van der Waals surface area contributed by atoms with Crippen LogP contribution in [0.15, 0.2) is 54.6 Å². The number of benzene rings is 2. The fourth-order valence-electron chi connectivity index (χ4n) is 2.82. The Balaban J connectivity index is 1.79. The first kappa shape index (κ1) is 20.1. The Labute approximate surface area is 168 Å². The summed E-state index contributed by atoms with van der Waals surface area (Å²) < 4.78 is 27.7. The normalized spacial score (nSPS) is 11.2. The van der Waals surface area contributed by atoms with Gasteiger partial charge >= 0.3 is 0 Å². The smallest absolute Gasteiger partial charge is 0.265 e. The first-order chi connectivity index (χ1) is 13.2. The Bertz CT molecular complexity index is 1100. The van der Waals surface area contributed by atoms with Crippen molar-refractivity contribution in [1.82, 2.24) is 0 Å². The largest absolute Gasteiger partial charge is 0.497 e. The molecule has 0 aliphatic carbocycles. The number of ether oxygens (including phenoxy) is 1. The molecule has 0 unspecified atom stereocenters. The van der Waals surface area contributed by atoms with Crippen LogP contribution in [0.25, 0.3) is 11.1 Å². The van der Waals surface area contributed by atoms with Gasteiger partial charge in [-0.05, 0) is 53.9 Å². The van der Waals surface area contributed by atoms with Gasteiger partial charge in [0.1, 0.15) is 5.75 Å². The van der Waals surface area contributed by atoms with Gasteiger partial charge in [0.05, 0.1) is 17.7 Å². The lowest BCUT2D eigenvalue weighted by atomic mass is 10.1. The maximum absolute atomic E-state index is 12.6. The van der Waals surface area contributed by atoms with Crippen LogP contribution in [0.2, 0.25) is 0 Å². The van der Waals surface area contributed by atoms with Crippen molar-refractivity contribution in [3.63, 3.8) is 0 Å². The first-order valence-corrected chi connectivity index (χ1v) is 10.9. The molecule has 2 aromatic carbocycles. The number of primary sulfonamides is 1. The van der Waals surface area contributed by atoms with Gasteiger partial charge in [-0.3, -0.25) is 4.79 Å². The number of sulfonamides is 1. The molecule has 3 N–H and O–H groups in total. The predicted octanol–water partition coefficient (Wildman–Crippen LogP) is 3.77. The van der Waals surface area contributed by atoms with Gasteiger partial charge in [0, 0.05) is 10.6 Å². The molecule has 0 aliphatic heterocycles. The minimum absolute atomic E-state index is 0.249.